The summed E-state index contributed by atoms with van der Waals surface area (Å²) in [6.07, 6.45) is 7.21. The van der Waals surface area contributed by atoms with Gasteiger partial charge in [-0.2, -0.15) is 0 Å². The highest BCUT2D eigenvalue weighted by atomic mass is 16.2. The van der Waals surface area contributed by atoms with Gasteiger partial charge in [-0.3, -0.25) is 4.79 Å². The minimum atomic E-state index is 0.159. The molecule has 1 unspecified atom stereocenters. The number of amides is 1. The fraction of sp³-hybridized carbons (Fsp3) is 0.619. The Balaban J connectivity index is 1.66. The van der Waals surface area contributed by atoms with E-state index in [0.717, 1.165) is 61.7 Å². The Bertz CT molecular complexity index is 843. The fourth-order valence-electron chi connectivity index (χ4n) is 4.91. The van der Waals surface area contributed by atoms with Crippen molar-refractivity contribution in [2.75, 3.05) is 13.1 Å². The number of piperidine rings is 1. The zero-order chi connectivity index (χ0) is 19.2. The summed E-state index contributed by atoms with van der Waals surface area (Å²) in [6.45, 7) is 9.88. The first-order chi connectivity index (χ1) is 13.0. The smallest absolute Gasteiger partial charge is 0.256 e. The monoisotopic (exact) mass is 369 g/mol. The molecule has 1 aliphatic heterocycles. The van der Waals surface area contributed by atoms with Crippen LogP contribution in [0.1, 0.15) is 53.8 Å². The van der Waals surface area contributed by atoms with Crippen molar-refractivity contribution >= 4 is 5.91 Å². The summed E-state index contributed by atoms with van der Waals surface area (Å²) in [7, 11) is 2.00. The number of aromatic nitrogens is 3. The maximum absolute atomic E-state index is 13.7. The molecular weight excluding hydrogens is 338 g/mol. The van der Waals surface area contributed by atoms with Gasteiger partial charge in [-0.05, 0) is 64.6 Å². The molecule has 4 rings (SSSR count). The van der Waals surface area contributed by atoms with Gasteiger partial charge in [0.15, 0.2) is 0 Å². The first-order valence-corrected chi connectivity index (χ1v) is 10.1. The Hall–Kier alpha value is -2.08. The lowest BCUT2D eigenvalue weighted by Gasteiger charge is -2.29. The van der Waals surface area contributed by atoms with Crippen LogP contribution in [-0.4, -0.2) is 44.1 Å². The van der Waals surface area contributed by atoms with Gasteiger partial charge in [0.2, 0.25) is 0 Å². The molecule has 1 aliphatic carbocycles. The van der Waals surface area contributed by atoms with E-state index in [1.165, 1.54) is 0 Å². The first-order valence-electron chi connectivity index (χ1n) is 10.1. The molecule has 2 aliphatic rings. The number of aryl methyl sites for hydroxylation is 2. The zero-order valence-corrected chi connectivity index (χ0v) is 17.0. The van der Waals surface area contributed by atoms with Gasteiger partial charge in [0.05, 0.1) is 12.1 Å². The van der Waals surface area contributed by atoms with Crippen LogP contribution in [0.3, 0.4) is 0 Å². The molecule has 1 amide bonds. The normalized spacial score (nSPS) is 20.8. The minimum absolute atomic E-state index is 0.159. The lowest BCUT2D eigenvalue weighted by Crippen LogP contribution is -2.39. The first kappa shape index (κ1) is 18.3. The van der Waals surface area contributed by atoms with E-state index in [2.05, 4.69) is 46.6 Å². The van der Waals surface area contributed by atoms with Crippen molar-refractivity contribution < 1.29 is 4.79 Å². The molecule has 1 saturated heterocycles. The molecule has 27 heavy (non-hydrogen) atoms. The summed E-state index contributed by atoms with van der Waals surface area (Å²) < 4.78 is 4.24. The molecule has 146 valence electrons. The lowest BCUT2D eigenvalue weighted by molar-refractivity contribution is 0.0684. The van der Waals surface area contributed by atoms with E-state index in [1.54, 1.807) is 0 Å². The molecule has 3 heterocycles. The maximum Gasteiger partial charge on any atom is 0.256 e. The largest absolute Gasteiger partial charge is 0.349 e. The van der Waals surface area contributed by atoms with Crippen molar-refractivity contribution in [2.24, 2.45) is 12.5 Å². The number of nitrogens with one attached hydrogen (secondary N) is 1. The van der Waals surface area contributed by atoms with E-state index < -0.39 is 0 Å². The highest BCUT2D eigenvalue weighted by molar-refractivity contribution is 5.96. The van der Waals surface area contributed by atoms with Gasteiger partial charge < -0.3 is 19.4 Å². The zero-order valence-electron chi connectivity index (χ0n) is 17.0. The summed E-state index contributed by atoms with van der Waals surface area (Å²) in [5, 5.41) is 3.46. The van der Waals surface area contributed by atoms with E-state index in [4.69, 9.17) is 0 Å². The molecule has 2 fully saturated rings. The minimum Gasteiger partial charge on any atom is -0.349 e. The van der Waals surface area contributed by atoms with Crippen LogP contribution in [0.15, 0.2) is 18.5 Å². The number of hydrogen-bond donors (Lipinski definition) is 1. The summed E-state index contributed by atoms with van der Waals surface area (Å²) in [5.74, 6) is 1.11. The van der Waals surface area contributed by atoms with Crippen molar-refractivity contribution in [2.45, 2.75) is 59.2 Å². The predicted molar refractivity (Wildman–Crippen MR) is 106 cm³/mol. The van der Waals surface area contributed by atoms with Gasteiger partial charge >= 0.3 is 0 Å². The number of hydrogen-bond acceptors (Lipinski definition) is 3. The second-order valence-electron chi connectivity index (χ2n) is 8.25. The standard InChI is InChI=1S/C21H31N5O/c1-5-25-15(2)12-17(16(25)3)20(27)26(14-19-23-10-11-24(19)4)18-13-21(18)6-8-22-9-7-21/h10-12,18,22H,5-9,13-14H2,1-4H3. The van der Waals surface area contributed by atoms with Gasteiger partial charge in [-0.15, -0.1) is 0 Å². The third kappa shape index (κ3) is 3.10. The number of imidazole rings is 1. The van der Waals surface area contributed by atoms with Crippen molar-refractivity contribution in [1.29, 1.82) is 0 Å². The third-order valence-corrected chi connectivity index (χ3v) is 6.74. The molecule has 1 N–H and O–H groups in total. The second kappa shape index (κ2) is 6.82. The lowest BCUT2D eigenvalue weighted by atomic mass is 9.93. The number of rotatable bonds is 5. The van der Waals surface area contributed by atoms with Gasteiger partial charge in [-0.1, -0.05) is 0 Å². The number of carbonyl (C=O) groups excluding carboxylic acids is 1. The highest BCUT2D eigenvalue weighted by Crippen LogP contribution is 2.56. The van der Waals surface area contributed by atoms with Crippen molar-refractivity contribution in [3.05, 3.63) is 41.2 Å². The van der Waals surface area contributed by atoms with Crippen LogP contribution < -0.4 is 5.32 Å². The fourth-order valence-corrected chi connectivity index (χ4v) is 4.91. The van der Waals surface area contributed by atoms with Crippen molar-refractivity contribution in [3.63, 3.8) is 0 Å². The predicted octanol–water partition coefficient (Wildman–Crippen LogP) is 2.64. The van der Waals surface area contributed by atoms with Gasteiger partial charge in [0.25, 0.3) is 5.91 Å². The van der Waals surface area contributed by atoms with Crippen LogP contribution in [0.5, 0.6) is 0 Å². The Kier molecular flexibility index (Phi) is 4.62. The van der Waals surface area contributed by atoms with Crippen LogP contribution in [-0.2, 0) is 20.1 Å². The van der Waals surface area contributed by atoms with E-state index in [1.807, 2.05) is 24.0 Å². The van der Waals surface area contributed by atoms with Crippen LogP contribution in [0, 0.1) is 19.3 Å². The summed E-state index contributed by atoms with van der Waals surface area (Å²) in [4.78, 5) is 20.2. The summed E-state index contributed by atoms with van der Waals surface area (Å²) in [5.41, 5.74) is 3.38. The van der Waals surface area contributed by atoms with E-state index in [-0.39, 0.29) is 5.91 Å². The maximum atomic E-state index is 13.7. The molecule has 0 aromatic carbocycles. The summed E-state index contributed by atoms with van der Waals surface area (Å²) in [6, 6.07) is 2.39. The average Bonchev–Trinajstić information content (AvgIpc) is 3.02. The molecule has 0 bridgehead atoms. The molecule has 6 nitrogen and oxygen atoms in total. The average molecular weight is 370 g/mol. The van der Waals surface area contributed by atoms with Gasteiger partial charge in [-0.25, -0.2) is 4.98 Å². The highest BCUT2D eigenvalue weighted by Gasteiger charge is 2.58. The van der Waals surface area contributed by atoms with E-state index in [0.29, 0.717) is 18.0 Å². The van der Waals surface area contributed by atoms with Crippen molar-refractivity contribution in [3.8, 4) is 0 Å². The molecular formula is C21H31N5O. The second-order valence-corrected chi connectivity index (χ2v) is 8.25. The quantitative estimate of drug-likeness (QED) is 0.882. The molecule has 1 saturated carbocycles. The molecule has 6 heteroatoms. The molecule has 1 atom stereocenters. The Labute approximate surface area is 161 Å². The molecule has 2 aromatic rings. The topological polar surface area (TPSA) is 55.1 Å². The van der Waals surface area contributed by atoms with Crippen LogP contribution in [0.4, 0.5) is 0 Å². The van der Waals surface area contributed by atoms with Crippen LogP contribution in [0.25, 0.3) is 0 Å². The van der Waals surface area contributed by atoms with Crippen LogP contribution in [0.2, 0.25) is 0 Å². The summed E-state index contributed by atoms with van der Waals surface area (Å²) >= 11 is 0. The Morgan fingerprint density at radius 2 is 2.11 bits per heavy atom. The molecule has 2 aromatic heterocycles. The number of carbonyl (C=O) groups is 1. The Morgan fingerprint density at radius 1 is 1.37 bits per heavy atom. The van der Waals surface area contributed by atoms with Gasteiger partial charge in [0, 0.05) is 43.4 Å². The molecule has 0 radical (unpaired) electrons. The van der Waals surface area contributed by atoms with E-state index in [9.17, 15) is 4.79 Å². The van der Waals surface area contributed by atoms with Crippen LogP contribution >= 0.6 is 0 Å². The third-order valence-electron chi connectivity index (χ3n) is 6.74. The van der Waals surface area contributed by atoms with Crippen molar-refractivity contribution in [1.82, 2.24) is 24.3 Å². The Morgan fingerprint density at radius 3 is 2.70 bits per heavy atom. The number of nitrogens with zero attached hydrogens (tertiary/aromatic N) is 4. The molecule has 1 spiro atoms. The van der Waals surface area contributed by atoms with E-state index >= 15 is 0 Å². The SMILES string of the molecule is CCn1c(C)cc(C(=O)N(Cc2nccn2C)C2CC23CCNCC3)c1C. The van der Waals surface area contributed by atoms with Gasteiger partial charge in [0.1, 0.15) is 5.82 Å².